The second kappa shape index (κ2) is 4.98. The first-order valence-electron chi connectivity index (χ1n) is 6.92. The summed E-state index contributed by atoms with van der Waals surface area (Å²) in [4.78, 5) is 0. The molecule has 2 aliphatic rings. The molecule has 0 aliphatic heterocycles. The monoisotopic (exact) mass is 325 g/mol. The van der Waals surface area contributed by atoms with E-state index >= 15 is 0 Å². The Hall–Kier alpha value is -0.740. The van der Waals surface area contributed by atoms with E-state index in [1.165, 1.54) is 19.3 Å². The van der Waals surface area contributed by atoms with Crippen LogP contribution in [0.2, 0.25) is 0 Å². The zero-order chi connectivity index (χ0) is 13.5. The third-order valence-electron chi connectivity index (χ3n) is 4.21. The first-order chi connectivity index (χ1) is 9.12. The van der Waals surface area contributed by atoms with E-state index in [0.717, 1.165) is 46.9 Å². The first-order valence-corrected chi connectivity index (χ1v) is 7.71. The molecule has 0 heterocycles. The average Bonchev–Trinajstić information content (AvgIpc) is 3.17. The Balaban J connectivity index is 1.86. The minimum atomic E-state index is -0.176. The minimum Gasteiger partial charge on any atom is -0.493 e. The summed E-state index contributed by atoms with van der Waals surface area (Å²) in [5.41, 5.74) is 7.35. The highest BCUT2D eigenvalue weighted by molar-refractivity contribution is 9.10. The van der Waals surface area contributed by atoms with E-state index in [-0.39, 0.29) is 5.54 Å². The number of nitrogens with two attached hydrogens (primary N) is 1. The van der Waals surface area contributed by atoms with Gasteiger partial charge in [-0.3, -0.25) is 0 Å². The fraction of sp³-hybridized carbons (Fsp3) is 0.600. The van der Waals surface area contributed by atoms with Crippen molar-refractivity contribution in [1.29, 1.82) is 0 Å². The molecule has 0 atom stereocenters. The van der Waals surface area contributed by atoms with Crippen molar-refractivity contribution in [2.24, 2.45) is 11.7 Å². The molecule has 0 bridgehead atoms. The largest absolute Gasteiger partial charge is 0.493 e. The zero-order valence-electron chi connectivity index (χ0n) is 11.2. The molecule has 0 saturated heterocycles. The van der Waals surface area contributed by atoms with Crippen LogP contribution in [-0.4, -0.2) is 13.7 Å². The van der Waals surface area contributed by atoms with Crippen molar-refractivity contribution in [3.05, 3.63) is 22.2 Å². The zero-order valence-corrected chi connectivity index (χ0v) is 12.8. The summed E-state index contributed by atoms with van der Waals surface area (Å²) in [5, 5.41) is 0. The lowest BCUT2D eigenvalue weighted by molar-refractivity contribution is 0.249. The van der Waals surface area contributed by atoms with Gasteiger partial charge in [0.2, 0.25) is 0 Å². The van der Waals surface area contributed by atoms with Crippen molar-refractivity contribution >= 4 is 15.9 Å². The van der Waals surface area contributed by atoms with Crippen LogP contribution in [-0.2, 0) is 5.54 Å². The molecular weight excluding hydrogens is 306 g/mol. The molecule has 2 saturated carbocycles. The summed E-state index contributed by atoms with van der Waals surface area (Å²) in [7, 11) is 1.68. The van der Waals surface area contributed by atoms with Gasteiger partial charge in [-0.2, -0.15) is 0 Å². The summed E-state index contributed by atoms with van der Waals surface area (Å²) < 4.78 is 12.3. The Kier molecular flexibility index (Phi) is 3.48. The molecule has 1 aromatic rings. The average molecular weight is 326 g/mol. The normalized spacial score (nSPS) is 20.8. The third-order valence-corrected chi connectivity index (χ3v) is 4.80. The maximum Gasteiger partial charge on any atom is 0.175 e. The quantitative estimate of drug-likeness (QED) is 0.899. The number of hydrogen-bond acceptors (Lipinski definition) is 3. The van der Waals surface area contributed by atoms with Crippen LogP contribution in [0.5, 0.6) is 11.5 Å². The van der Waals surface area contributed by atoms with E-state index in [1.54, 1.807) is 7.11 Å². The summed E-state index contributed by atoms with van der Waals surface area (Å²) >= 11 is 3.59. The van der Waals surface area contributed by atoms with E-state index in [4.69, 9.17) is 15.2 Å². The van der Waals surface area contributed by atoms with Crippen LogP contribution >= 0.6 is 15.9 Å². The predicted octanol–water partition coefficient (Wildman–Crippen LogP) is 3.58. The van der Waals surface area contributed by atoms with Gasteiger partial charge in [0.15, 0.2) is 11.5 Å². The van der Waals surface area contributed by atoms with Gasteiger partial charge >= 0.3 is 0 Å². The third kappa shape index (κ3) is 2.61. The molecule has 19 heavy (non-hydrogen) atoms. The van der Waals surface area contributed by atoms with Gasteiger partial charge in [-0.05, 0) is 71.6 Å². The fourth-order valence-electron chi connectivity index (χ4n) is 2.48. The Morgan fingerprint density at radius 2 is 2.11 bits per heavy atom. The van der Waals surface area contributed by atoms with Gasteiger partial charge < -0.3 is 15.2 Å². The molecular formula is C15H20BrNO2. The Labute approximate surface area is 122 Å². The number of hydrogen-bond donors (Lipinski definition) is 1. The van der Waals surface area contributed by atoms with Crippen molar-refractivity contribution in [2.45, 2.75) is 37.6 Å². The fourth-order valence-corrected chi connectivity index (χ4v) is 3.04. The maximum absolute atomic E-state index is 6.38. The lowest BCUT2D eigenvalue weighted by Crippen LogP contribution is -2.43. The summed E-state index contributed by atoms with van der Waals surface area (Å²) in [5.74, 6) is 2.31. The molecule has 0 unspecified atom stereocenters. The van der Waals surface area contributed by atoms with Crippen LogP contribution in [0.4, 0.5) is 0 Å². The van der Waals surface area contributed by atoms with E-state index in [2.05, 4.69) is 22.0 Å². The second-order valence-electron chi connectivity index (χ2n) is 5.75. The maximum atomic E-state index is 6.38. The molecule has 104 valence electrons. The highest BCUT2D eigenvalue weighted by atomic mass is 79.9. The van der Waals surface area contributed by atoms with E-state index in [0.29, 0.717) is 0 Å². The lowest BCUT2D eigenvalue weighted by Gasteiger charge is -2.39. The molecule has 0 amide bonds. The molecule has 4 heteroatoms. The van der Waals surface area contributed by atoms with Crippen LogP contribution < -0.4 is 15.2 Å². The van der Waals surface area contributed by atoms with Crippen molar-refractivity contribution < 1.29 is 9.47 Å². The van der Waals surface area contributed by atoms with Gasteiger partial charge in [-0.1, -0.05) is 0 Å². The van der Waals surface area contributed by atoms with Gasteiger partial charge in [0, 0.05) is 5.54 Å². The van der Waals surface area contributed by atoms with E-state index < -0.39 is 0 Å². The SMILES string of the molecule is COc1cc(C2(N)CCC2)cc(Br)c1OCC1CC1. The minimum absolute atomic E-state index is 0.176. The first kappa shape index (κ1) is 13.3. The van der Waals surface area contributed by atoms with Crippen LogP contribution in [0.15, 0.2) is 16.6 Å². The number of halogens is 1. The van der Waals surface area contributed by atoms with Crippen molar-refractivity contribution in [2.75, 3.05) is 13.7 Å². The topological polar surface area (TPSA) is 44.5 Å². The summed E-state index contributed by atoms with van der Waals surface area (Å²) in [6, 6.07) is 4.12. The smallest absolute Gasteiger partial charge is 0.175 e. The highest BCUT2D eigenvalue weighted by Crippen LogP contribution is 2.45. The van der Waals surface area contributed by atoms with E-state index in [1.807, 2.05) is 6.07 Å². The number of methoxy groups -OCH3 is 1. The van der Waals surface area contributed by atoms with Gasteiger partial charge in [-0.25, -0.2) is 0 Å². The Morgan fingerprint density at radius 1 is 1.37 bits per heavy atom. The Bertz CT molecular complexity index is 481. The van der Waals surface area contributed by atoms with Gasteiger partial charge in [-0.15, -0.1) is 0 Å². The highest BCUT2D eigenvalue weighted by Gasteiger charge is 2.35. The molecule has 2 aliphatic carbocycles. The molecule has 3 nitrogen and oxygen atoms in total. The van der Waals surface area contributed by atoms with Crippen molar-refractivity contribution in [1.82, 2.24) is 0 Å². The number of benzene rings is 1. The molecule has 2 N–H and O–H groups in total. The molecule has 1 aromatic carbocycles. The molecule has 0 aromatic heterocycles. The van der Waals surface area contributed by atoms with E-state index in [9.17, 15) is 0 Å². The second-order valence-corrected chi connectivity index (χ2v) is 6.61. The van der Waals surface area contributed by atoms with Crippen LogP contribution in [0.1, 0.15) is 37.7 Å². The Morgan fingerprint density at radius 3 is 2.63 bits per heavy atom. The molecule has 3 rings (SSSR count). The predicted molar refractivity (Wildman–Crippen MR) is 78.6 cm³/mol. The summed E-state index contributed by atoms with van der Waals surface area (Å²) in [6.07, 6.45) is 5.86. The van der Waals surface area contributed by atoms with Crippen LogP contribution in [0, 0.1) is 5.92 Å². The molecule has 2 fully saturated rings. The van der Waals surface area contributed by atoms with Gasteiger partial charge in [0.1, 0.15) is 0 Å². The van der Waals surface area contributed by atoms with Crippen LogP contribution in [0.25, 0.3) is 0 Å². The van der Waals surface area contributed by atoms with Crippen LogP contribution in [0.3, 0.4) is 0 Å². The standard InChI is InChI=1S/C15H20BrNO2/c1-18-13-8-11(15(17)5-2-6-15)7-12(16)14(13)19-9-10-3-4-10/h7-8,10H,2-6,9,17H2,1H3. The molecule has 0 radical (unpaired) electrons. The van der Waals surface area contributed by atoms with Gasteiger partial charge in [0.05, 0.1) is 18.2 Å². The number of ether oxygens (including phenoxy) is 2. The van der Waals surface area contributed by atoms with Crippen molar-refractivity contribution in [3.63, 3.8) is 0 Å². The molecule has 0 spiro atoms. The van der Waals surface area contributed by atoms with Gasteiger partial charge in [0.25, 0.3) is 0 Å². The van der Waals surface area contributed by atoms with Crippen molar-refractivity contribution in [3.8, 4) is 11.5 Å². The summed E-state index contributed by atoms with van der Waals surface area (Å²) in [6.45, 7) is 0.780. The lowest BCUT2D eigenvalue weighted by atomic mass is 9.73. The number of rotatable bonds is 5.